The molecule has 0 bridgehead atoms. The molecule has 0 spiro atoms. The van der Waals surface area contributed by atoms with E-state index in [1.807, 2.05) is 0 Å². The molecule has 0 aromatic heterocycles. The van der Waals surface area contributed by atoms with Gasteiger partial charge in [0.15, 0.2) is 6.10 Å². The van der Waals surface area contributed by atoms with Gasteiger partial charge in [-0.15, -0.1) is 0 Å². The lowest BCUT2D eigenvalue weighted by atomic mass is 10.0. The Morgan fingerprint density at radius 3 is 0.714 bits per heavy atom. The maximum Gasteiger partial charge on any atom is 0.306 e. The van der Waals surface area contributed by atoms with Crippen molar-refractivity contribution < 1.29 is 28.6 Å². The summed E-state index contributed by atoms with van der Waals surface area (Å²) in [6, 6.07) is 0. The van der Waals surface area contributed by atoms with Crippen LogP contribution in [-0.4, -0.2) is 37.2 Å². The van der Waals surface area contributed by atoms with Crippen LogP contribution < -0.4 is 0 Å². The Labute approximate surface area is 437 Å². The Morgan fingerprint density at radius 2 is 0.471 bits per heavy atom. The van der Waals surface area contributed by atoms with Crippen LogP contribution in [0.25, 0.3) is 0 Å². The first-order chi connectivity index (χ1) is 34.5. The number of allylic oxidation sites excluding steroid dienone is 2. The van der Waals surface area contributed by atoms with Gasteiger partial charge in [0.25, 0.3) is 0 Å². The van der Waals surface area contributed by atoms with Gasteiger partial charge in [-0.2, -0.15) is 0 Å². The number of carbonyl (C=O) groups excluding carboxylic acids is 3. The molecule has 70 heavy (non-hydrogen) atoms. The lowest BCUT2D eigenvalue weighted by Gasteiger charge is -2.18. The molecule has 0 radical (unpaired) electrons. The van der Waals surface area contributed by atoms with Gasteiger partial charge in [0.2, 0.25) is 0 Å². The minimum absolute atomic E-state index is 0.0641. The summed E-state index contributed by atoms with van der Waals surface area (Å²) in [5, 5.41) is 0. The van der Waals surface area contributed by atoms with Crippen molar-refractivity contribution in [2.24, 2.45) is 0 Å². The van der Waals surface area contributed by atoms with Crippen LogP contribution in [-0.2, 0) is 28.6 Å². The fourth-order valence-electron chi connectivity index (χ4n) is 9.74. The molecule has 0 aromatic rings. The second-order valence-corrected chi connectivity index (χ2v) is 21.7. The minimum Gasteiger partial charge on any atom is -0.462 e. The third-order valence-corrected chi connectivity index (χ3v) is 14.5. The standard InChI is InChI=1S/C64H122O6/c1-4-7-10-13-16-19-22-25-27-29-31-32-34-35-37-39-42-45-48-51-54-57-63(66)69-60-61(59-68-62(65)56-53-50-47-44-41-24-21-18-15-12-9-6-3)70-64(67)58-55-52-49-46-43-40-38-36-33-30-28-26-23-20-17-14-11-8-5-2/h29,31,61H,4-28,30,32-60H2,1-3H3/b31-29-. The van der Waals surface area contributed by atoms with Crippen LogP contribution >= 0.6 is 0 Å². The lowest BCUT2D eigenvalue weighted by Crippen LogP contribution is -2.30. The number of rotatable bonds is 59. The Hall–Kier alpha value is -1.85. The smallest absolute Gasteiger partial charge is 0.306 e. The second-order valence-electron chi connectivity index (χ2n) is 21.7. The normalized spacial score (nSPS) is 12.0. The molecule has 1 atom stereocenters. The highest BCUT2D eigenvalue weighted by Crippen LogP contribution is 2.18. The number of unbranched alkanes of at least 4 members (excludes halogenated alkanes) is 46. The van der Waals surface area contributed by atoms with Crippen molar-refractivity contribution in [1.29, 1.82) is 0 Å². The number of esters is 3. The lowest BCUT2D eigenvalue weighted by molar-refractivity contribution is -0.167. The predicted molar refractivity (Wildman–Crippen MR) is 303 cm³/mol. The topological polar surface area (TPSA) is 78.9 Å². The molecule has 0 heterocycles. The van der Waals surface area contributed by atoms with E-state index in [0.29, 0.717) is 19.3 Å². The van der Waals surface area contributed by atoms with Crippen LogP contribution in [0.5, 0.6) is 0 Å². The molecule has 0 saturated heterocycles. The van der Waals surface area contributed by atoms with E-state index in [0.717, 1.165) is 57.8 Å². The van der Waals surface area contributed by atoms with E-state index < -0.39 is 6.10 Å². The molecule has 0 fully saturated rings. The van der Waals surface area contributed by atoms with Crippen molar-refractivity contribution in [3.05, 3.63) is 12.2 Å². The fraction of sp³-hybridized carbons (Fsp3) is 0.922. The SMILES string of the molecule is CCCCCCCCCC/C=C\CCCCCCCCCCCC(=O)OCC(COC(=O)CCCCCCCCCCCCCC)OC(=O)CCCCCCCCCCCCCCCCCCCCC. The zero-order valence-corrected chi connectivity index (χ0v) is 47.6. The van der Waals surface area contributed by atoms with Crippen molar-refractivity contribution in [2.75, 3.05) is 13.2 Å². The molecular formula is C64H122O6. The van der Waals surface area contributed by atoms with E-state index in [2.05, 4.69) is 32.9 Å². The number of hydrogen-bond donors (Lipinski definition) is 0. The molecule has 0 amide bonds. The summed E-state index contributed by atoms with van der Waals surface area (Å²) in [5.74, 6) is -0.837. The summed E-state index contributed by atoms with van der Waals surface area (Å²) in [6.45, 7) is 6.71. The van der Waals surface area contributed by atoms with E-state index in [-0.39, 0.29) is 31.1 Å². The van der Waals surface area contributed by atoms with E-state index >= 15 is 0 Å². The van der Waals surface area contributed by atoms with E-state index in [1.54, 1.807) is 0 Å². The summed E-state index contributed by atoms with van der Waals surface area (Å²) >= 11 is 0. The van der Waals surface area contributed by atoms with Crippen molar-refractivity contribution in [3.63, 3.8) is 0 Å². The minimum atomic E-state index is -0.765. The predicted octanol–water partition coefficient (Wildman–Crippen LogP) is 21.3. The average molecular weight is 988 g/mol. The van der Waals surface area contributed by atoms with Gasteiger partial charge >= 0.3 is 17.9 Å². The summed E-state index contributed by atoms with van der Waals surface area (Å²) in [7, 11) is 0. The van der Waals surface area contributed by atoms with Crippen molar-refractivity contribution in [2.45, 2.75) is 367 Å². The van der Waals surface area contributed by atoms with Gasteiger partial charge in [0.05, 0.1) is 0 Å². The average Bonchev–Trinajstić information content (AvgIpc) is 3.36. The maximum atomic E-state index is 12.9. The van der Waals surface area contributed by atoms with Gasteiger partial charge in [0, 0.05) is 19.3 Å². The third-order valence-electron chi connectivity index (χ3n) is 14.5. The zero-order valence-electron chi connectivity index (χ0n) is 47.6. The number of hydrogen-bond acceptors (Lipinski definition) is 6. The third kappa shape index (κ3) is 57.1. The molecule has 0 N–H and O–H groups in total. The van der Waals surface area contributed by atoms with Crippen molar-refractivity contribution >= 4 is 17.9 Å². The summed E-state index contributed by atoms with van der Waals surface area (Å²) in [6.07, 6.45) is 69.3. The monoisotopic (exact) mass is 987 g/mol. The largest absolute Gasteiger partial charge is 0.462 e. The molecular weight excluding hydrogens is 865 g/mol. The van der Waals surface area contributed by atoms with Gasteiger partial charge in [-0.3, -0.25) is 14.4 Å². The van der Waals surface area contributed by atoms with E-state index in [9.17, 15) is 14.4 Å². The fourth-order valence-corrected chi connectivity index (χ4v) is 9.74. The molecule has 6 heteroatoms. The van der Waals surface area contributed by atoms with Crippen LogP contribution in [0.3, 0.4) is 0 Å². The Morgan fingerprint density at radius 1 is 0.271 bits per heavy atom. The maximum absolute atomic E-state index is 12.9. The van der Waals surface area contributed by atoms with Crippen LogP contribution in [0, 0.1) is 0 Å². The van der Waals surface area contributed by atoms with Gasteiger partial charge in [0.1, 0.15) is 13.2 Å². The van der Waals surface area contributed by atoms with Gasteiger partial charge in [-0.05, 0) is 44.9 Å². The van der Waals surface area contributed by atoms with Gasteiger partial charge < -0.3 is 14.2 Å². The Balaban J connectivity index is 4.25. The van der Waals surface area contributed by atoms with Crippen LogP contribution in [0.15, 0.2) is 12.2 Å². The first-order valence-corrected chi connectivity index (χ1v) is 31.7. The van der Waals surface area contributed by atoms with Crippen LogP contribution in [0.4, 0.5) is 0 Å². The molecule has 1 unspecified atom stereocenters. The highest BCUT2D eigenvalue weighted by atomic mass is 16.6. The summed E-state index contributed by atoms with van der Waals surface area (Å²) in [4.78, 5) is 38.2. The van der Waals surface area contributed by atoms with E-state index in [4.69, 9.17) is 14.2 Å². The highest BCUT2D eigenvalue weighted by Gasteiger charge is 2.19. The molecule has 6 nitrogen and oxygen atoms in total. The molecule has 0 aliphatic carbocycles. The molecule has 414 valence electrons. The first-order valence-electron chi connectivity index (χ1n) is 31.7. The van der Waals surface area contributed by atoms with Gasteiger partial charge in [-0.25, -0.2) is 0 Å². The van der Waals surface area contributed by atoms with Crippen molar-refractivity contribution in [1.82, 2.24) is 0 Å². The zero-order chi connectivity index (χ0) is 50.7. The highest BCUT2D eigenvalue weighted by molar-refractivity contribution is 5.71. The second kappa shape index (κ2) is 59.7. The molecule has 0 aliphatic heterocycles. The Bertz CT molecular complexity index is 1090. The molecule has 0 rings (SSSR count). The quantitative estimate of drug-likeness (QED) is 0.0261. The van der Waals surface area contributed by atoms with Crippen molar-refractivity contribution in [3.8, 4) is 0 Å². The summed E-state index contributed by atoms with van der Waals surface area (Å²) in [5.41, 5.74) is 0. The Kier molecular flexibility index (Phi) is 58.1. The first kappa shape index (κ1) is 68.2. The molecule has 0 aromatic carbocycles. The molecule has 0 aliphatic rings. The summed E-state index contributed by atoms with van der Waals surface area (Å²) < 4.78 is 16.9. The number of ether oxygens (including phenoxy) is 3. The van der Waals surface area contributed by atoms with E-state index in [1.165, 1.54) is 263 Å². The van der Waals surface area contributed by atoms with Crippen LogP contribution in [0.2, 0.25) is 0 Å². The number of carbonyl (C=O) groups is 3. The molecule has 0 saturated carbocycles. The van der Waals surface area contributed by atoms with Crippen LogP contribution in [0.1, 0.15) is 361 Å². The van der Waals surface area contributed by atoms with Gasteiger partial charge in [-0.1, -0.05) is 309 Å².